The second kappa shape index (κ2) is 9.53. The molecule has 0 spiro atoms. The van der Waals surface area contributed by atoms with Crippen LogP contribution in [0, 0.1) is 0 Å². The molecule has 3 rings (SSSR count). The molecule has 0 saturated carbocycles. The molecule has 0 bridgehead atoms. The van der Waals surface area contributed by atoms with Crippen molar-refractivity contribution >= 4 is 11.5 Å². The summed E-state index contributed by atoms with van der Waals surface area (Å²) >= 11 is 0. The first-order valence-corrected chi connectivity index (χ1v) is 9.63. The van der Waals surface area contributed by atoms with Gasteiger partial charge in [0.2, 0.25) is 0 Å². The Kier molecular flexibility index (Phi) is 6.85. The first-order valence-electron chi connectivity index (χ1n) is 9.63. The number of ether oxygens (including phenoxy) is 1. The lowest BCUT2D eigenvalue weighted by molar-refractivity contribution is 0.0655. The summed E-state index contributed by atoms with van der Waals surface area (Å²) in [6.45, 7) is 6.33. The van der Waals surface area contributed by atoms with Crippen LogP contribution in [0.15, 0.2) is 54.6 Å². The third-order valence-corrected chi connectivity index (χ3v) is 4.90. The largest absolute Gasteiger partial charge is 0.490 e. The van der Waals surface area contributed by atoms with E-state index in [1.54, 1.807) is 12.1 Å². The van der Waals surface area contributed by atoms with Crippen molar-refractivity contribution in [3.8, 4) is 5.75 Å². The maximum absolute atomic E-state index is 12.0. The lowest BCUT2D eigenvalue weighted by Gasteiger charge is -2.36. The highest BCUT2D eigenvalue weighted by atomic mass is 16.5. The summed E-state index contributed by atoms with van der Waals surface area (Å²) in [5, 5.41) is 10.4. The number of nitrogens with zero attached hydrogens (tertiary/aromatic N) is 2. The minimum Gasteiger partial charge on any atom is -0.490 e. The number of β-amino-alcohol motifs (C(OH)–C–C–N with tert-alkyl or cyclic N) is 1. The number of para-hydroxylation sites is 2. The Bertz CT molecular complexity index is 727. The summed E-state index contributed by atoms with van der Waals surface area (Å²) < 4.78 is 5.75. The standard InChI is InChI=1S/C22H28N2O3/c1-2-21(26)20-10-6-7-11-22(20)27-17-19(25)16-23-12-14-24(15-13-23)18-8-4-3-5-9-18/h3-11,19,25H,2,12-17H2,1H3. The van der Waals surface area contributed by atoms with Crippen molar-refractivity contribution in [3.05, 3.63) is 60.2 Å². The number of Topliss-reactive ketones (excluding diaryl/α,β-unsaturated/α-hetero) is 1. The Morgan fingerprint density at radius 2 is 1.70 bits per heavy atom. The van der Waals surface area contributed by atoms with Crippen LogP contribution < -0.4 is 9.64 Å². The zero-order valence-electron chi connectivity index (χ0n) is 15.9. The number of hydrogen-bond donors (Lipinski definition) is 1. The van der Waals surface area contributed by atoms with Crippen molar-refractivity contribution < 1.29 is 14.6 Å². The molecule has 0 aromatic heterocycles. The quantitative estimate of drug-likeness (QED) is 0.726. The molecule has 1 fully saturated rings. The molecular weight excluding hydrogens is 340 g/mol. The molecule has 1 atom stereocenters. The van der Waals surface area contributed by atoms with E-state index in [0.717, 1.165) is 26.2 Å². The highest BCUT2D eigenvalue weighted by molar-refractivity contribution is 5.98. The maximum Gasteiger partial charge on any atom is 0.166 e. The van der Waals surface area contributed by atoms with Gasteiger partial charge in [0.05, 0.1) is 5.56 Å². The summed E-state index contributed by atoms with van der Waals surface area (Å²) in [7, 11) is 0. The SMILES string of the molecule is CCC(=O)c1ccccc1OCC(O)CN1CCN(c2ccccc2)CC1. The fraction of sp³-hybridized carbons (Fsp3) is 0.409. The molecule has 27 heavy (non-hydrogen) atoms. The van der Waals surface area contributed by atoms with Crippen molar-refractivity contribution in [2.24, 2.45) is 0 Å². The fourth-order valence-electron chi connectivity index (χ4n) is 3.38. The van der Waals surface area contributed by atoms with E-state index in [2.05, 4.69) is 34.1 Å². The number of ketones is 1. The molecule has 2 aromatic rings. The Balaban J connectivity index is 1.46. The summed E-state index contributed by atoms with van der Waals surface area (Å²) in [5.41, 5.74) is 1.84. The first kappa shape index (κ1) is 19.4. The highest BCUT2D eigenvalue weighted by Gasteiger charge is 2.20. The third-order valence-electron chi connectivity index (χ3n) is 4.90. The van der Waals surface area contributed by atoms with Crippen molar-refractivity contribution in [3.63, 3.8) is 0 Å². The van der Waals surface area contributed by atoms with Gasteiger partial charge in [0.1, 0.15) is 18.5 Å². The molecule has 5 heteroatoms. The van der Waals surface area contributed by atoms with Crippen molar-refractivity contribution in [1.29, 1.82) is 0 Å². The minimum absolute atomic E-state index is 0.0529. The number of hydrogen-bond acceptors (Lipinski definition) is 5. The van der Waals surface area contributed by atoms with E-state index >= 15 is 0 Å². The number of benzene rings is 2. The number of aliphatic hydroxyl groups is 1. The molecule has 1 heterocycles. The molecule has 1 aliphatic rings. The average Bonchev–Trinajstić information content (AvgIpc) is 2.73. The molecule has 2 aromatic carbocycles. The Labute approximate surface area is 161 Å². The van der Waals surface area contributed by atoms with Gasteiger partial charge in [0.15, 0.2) is 5.78 Å². The van der Waals surface area contributed by atoms with Crippen LogP contribution >= 0.6 is 0 Å². The number of piperazine rings is 1. The van der Waals surface area contributed by atoms with Gasteiger partial charge in [-0.2, -0.15) is 0 Å². The zero-order valence-corrected chi connectivity index (χ0v) is 15.9. The van der Waals surface area contributed by atoms with E-state index < -0.39 is 6.10 Å². The van der Waals surface area contributed by atoms with Gasteiger partial charge in [-0.1, -0.05) is 37.3 Å². The number of anilines is 1. The summed E-state index contributed by atoms with van der Waals surface area (Å²) in [6.07, 6.45) is -0.146. The predicted molar refractivity (Wildman–Crippen MR) is 108 cm³/mol. The lowest BCUT2D eigenvalue weighted by atomic mass is 10.1. The van der Waals surface area contributed by atoms with E-state index in [9.17, 15) is 9.90 Å². The van der Waals surface area contributed by atoms with Crippen molar-refractivity contribution in [1.82, 2.24) is 4.90 Å². The zero-order chi connectivity index (χ0) is 19.1. The monoisotopic (exact) mass is 368 g/mol. The van der Waals surface area contributed by atoms with E-state index in [4.69, 9.17) is 4.74 Å². The molecule has 0 amide bonds. The Morgan fingerprint density at radius 3 is 2.41 bits per heavy atom. The minimum atomic E-state index is -0.585. The second-order valence-corrected chi connectivity index (χ2v) is 6.86. The van der Waals surface area contributed by atoms with Crippen LogP contribution in [0.4, 0.5) is 5.69 Å². The Morgan fingerprint density at radius 1 is 1.04 bits per heavy atom. The average molecular weight is 368 g/mol. The van der Waals surface area contributed by atoms with Gasteiger partial charge in [-0.25, -0.2) is 0 Å². The number of aliphatic hydroxyl groups excluding tert-OH is 1. The number of carbonyl (C=O) groups is 1. The van der Waals surface area contributed by atoms with Gasteiger partial charge in [-0.05, 0) is 24.3 Å². The van der Waals surface area contributed by atoms with Gasteiger partial charge in [-0.15, -0.1) is 0 Å². The predicted octanol–water partition coefficient (Wildman–Crippen LogP) is 2.84. The number of rotatable bonds is 8. The van der Waals surface area contributed by atoms with Gasteiger partial charge < -0.3 is 14.7 Å². The van der Waals surface area contributed by atoms with Crippen molar-refractivity contribution in [2.75, 3.05) is 44.2 Å². The molecule has 1 saturated heterocycles. The maximum atomic E-state index is 12.0. The fourth-order valence-corrected chi connectivity index (χ4v) is 3.38. The number of carbonyl (C=O) groups excluding carboxylic acids is 1. The molecule has 1 N–H and O–H groups in total. The Hall–Kier alpha value is -2.37. The van der Waals surface area contributed by atoms with Crippen LogP contribution in [0.25, 0.3) is 0 Å². The van der Waals surface area contributed by atoms with E-state index in [1.165, 1.54) is 5.69 Å². The van der Waals surface area contributed by atoms with E-state index in [-0.39, 0.29) is 12.4 Å². The third kappa shape index (κ3) is 5.31. The van der Waals surface area contributed by atoms with Gasteiger partial charge in [0, 0.05) is 44.8 Å². The van der Waals surface area contributed by atoms with Crippen LogP contribution in [0.5, 0.6) is 5.75 Å². The summed E-state index contributed by atoms with van der Waals surface area (Å²) in [6, 6.07) is 17.6. The molecule has 0 aliphatic carbocycles. The van der Waals surface area contributed by atoms with E-state index in [0.29, 0.717) is 24.3 Å². The van der Waals surface area contributed by atoms with Crippen LogP contribution in [-0.4, -0.2) is 61.2 Å². The molecule has 1 unspecified atom stereocenters. The van der Waals surface area contributed by atoms with Crippen LogP contribution in [0.3, 0.4) is 0 Å². The normalized spacial score (nSPS) is 16.1. The summed E-state index contributed by atoms with van der Waals surface area (Å²) in [4.78, 5) is 16.6. The van der Waals surface area contributed by atoms with Crippen LogP contribution in [0.1, 0.15) is 23.7 Å². The molecule has 1 aliphatic heterocycles. The first-order chi connectivity index (χ1) is 13.2. The van der Waals surface area contributed by atoms with E-state index in [1.807, 2.05) is 25.1 Å². The van der Waals surface area contributed by atoms with Crippen molar-refractivity contribution in [2.45, 2.75) is 19.4 Å². The molecular formula is C22H28N2O3. The van der Waals surface area contributed by atoms with Gasteiger partial charge in [0.25, 0.3) is 0 Å². The molecule has 5 nitrogen and oxygen atoms in total. The van der Waals surface area contributed by atoms with Gasteiger partial charge in [-0.3, -0.25) is 9.69 Å². The molecule has 144 valence electrons. The topological polar surface area (TPSA) is 53.0 Å². The second-order valence-electron chi connectivity index (χ2n) is 6.86. The molecule has 0 radical (unpaired) electrons. The smallest absolute Gasteiger partial charge is 0.166 e. The van der Waals surface area contributed by atoms with Gasteiger partial charge >= 0.3 is 0 Å². The van der Waals surface area contributed by atoms with Crippen LogP contribution in [-0.2, 0) is 0 Å². The van der Waals surface area contributed by atoms with Crippen LogP contribution in [0.2, 0.25) is 0 Å². The lowest BCUT2D eigenvalue weighted by Crippen LogP contribution is -2.49. The summed E-state index contributed by atoms with van der Waals surface area (Å²) in [5.74, 6) is 0.606. The highest BCUT2D eigenvalue weighted by Crippen LogP contribution is 2.20.